The maximum atomic E-state index is 11.2. The van der Waals surface area contributed by atoms with Crippen LogP contribution in [-0.4, -0.2) is 43.5 Å². The molecule has 0 atom stereocenters. The molecule has 3 rings (SSSR count). The van der Waals surface area contributed by atoms with Gasteiger partial charge in [0, 0.05) is 49.2 Å². The van der Waals surface area contributed by atoms with Gasteiger partial charge in [0.05, 0.1) is 18.3 Å². The number of ether oxygens (including phenoxy) is 1. The van der Waals surface area contributed by atoms with E-state index in [1.165, 1.54) is 31.4 Å². The first-order chi connectivity index (χ1) is 18.9. The average molecular weight is 535 g/mol. The van der Waals surface area contributed by atoms with Crippen molar-refractivity contribution in [3.8, 4) is 5.75 Å². The third-order valence-corrected chi connectivity index (χ3v) is 7.74. The first kappa shape index (κ1) is 30.5. The number of aliphatic hydroxyl groups excluding tert-OH is 2. The highest BCUT2D eigenvalue weighted by Gasteiger charge is 2.34. The second kappa shape index (κ2) is 14.9. The Morgan fingerprint density at radius 2 is 1.03 bits per heavy atom. The lowest BCUT2D eigenvalue weighted by Crippen LogP contribution is -2.25. The third kappa shape index (κ3) is 7.12. The summed E-state index contributed by atoms with van der Waals surface area (Å²) in [5.74, 6) is 0.904. The first-order valence-electron chi connectivity index (χ1n) is 15.1. The molecule has 214 valence electrons. The van der Waals surface area contributed by atoms with Gasteiger partial charge in [-0.15, -0.1) is 0 Å². The Labute approximate surface area is 236 Å². The number of rotatable bonds is 17. The van der Waals surface area contributed by atoms with Gasteiger partial charge in [-0.1, -0.05) is 59.4 Å². The van der Waals surface area contributed by atoms with Crippen molar-refractivity contribution in [1.82, 2.24) is 0 Å². The lowest BCUT2D eigenvalue weighted by Gasteiger charge is -2.29. The van der Waals surface area contributed by atoms with E-state index in [0.717, 1.165) is 68.7 Å². The van der Waals surface area contributed by atoms with Crippen molar-refractivity contribution in [2.75, 3.05) is 43.1 Å². The molecule has 5 heteroatoms. The van der Waals surface area contributed by atoms with Gasteiger partial charge in [0.1, 0.15) is 17.3 Å². The van der Waals surface area contributed by atoms with Crippen LogP contribution in [0.1, 0.15) is 95.8 Å². The van der Waals surface area contributed by atoms with Gasteiger partial charge in [0.2, 0.25) is 0 Å². The Hall–Kier alpha value is -3.08. The second-order valence-corrected chi connectivity index (χ2v) is 10.7. The van der Waals surface area contributed by atoms with Crippen molar-refractivity contribution in [2.45, 2.75) is 86.0 Å². The number of anilines is 2. The molecule has 0 unspecified atom stereocenters. The van der Waals surface area contributed by atoms with Gasteiger partial charge < -0.3 is 24.7 Å². The minimum atomic E-state index is 0.122. The van der Waals surface area contributed by atoms with Crippen LogP contribution < -0.4 is 14.5 Å². The van der Waals surface area contributed by atoms with Gasteiger partial charge in [0.15, 0.2) is 0 Å². The fourth-order valence-electron chi connectivity index (χ4n) is 5.27. The normalized spacial score (nSPS) is 13.1. The van der Waals surface area contributed by atoms with E-state index in [-0.39, 0.29) is 11.5 Å². The van der Waals surface area contributed by atoms with E-state index in [2.05, 4.69) is 62.6 Å². The van der Waals surface area contributed by atoms with Crippen molar-refractivity contribution in [3.05, 3.63) is 64.6 Å². The molecular formula is C34H50N2O3. The lowest BCUT2D eigenvalue weighted by molar-refractivity contribution is 0.385. The summed E-state index contributed by atoms with van der Waals surface area (Å²) in [7, 11) is 1.65. The summed E-state index contributed by atoms with van der Waals surface area (Å²) < 4.78 is 5.76. The highest BCUT2D eigenvalue weighted by molar-refractivity contribution is 6.07. The van der Waals surface area contributed by atoms with Crippen LogP contribution in [0, 0.1) is 6.92 Å². The number of unbranched alkanes of at least 4 members (excludes halogenated alkanes) is 4. The van der Waals surface area contributed by atoms with Gasteiger partial charge in [0.25, 0.3) is 0 Å². The fraction of sp³-hybridized carbons (Fsp3) is 0.529. The van der Waals surface area contributed by atoms with Crippen LogP contribution >= 0.6 is 0 Å². The molecule has 0 spiro atoms. The van der Waals surface area contributed by atoms with E-state index in [4.69, 9.17) is 4.74 Å². The Morgan fingerprint density at radius 3 is 1.44 bits per heavy atom. The minimum Gasteiger partial charge on any atom is -0.506 e. The SMILES string of the molecule is CCCCN(CCCC)c1ccc(C2=C(O)C(c3ccc(N(CCCC)CCCC)cc3OC)=C2O)c(C)c1. The van der Waals surface area contributed by atoms with Gasteiger partial charge in [-0.2, -0.15) is 0 Å². The van der Waals surface area contributed by atoms with E-state index in [1.807, 2.05) is 18.2 Å². The van der Waals surface area contributed by atoms with Crippen molar-refractivity contribution < 1.29 is 14.9 Å². The van der Waals surface area contributed by atoms with Crippen molar-refractivity contribution in [1.29, 1.82) is 0 Å². The van der Waals surface area contributed by atoms with E-state index < -0.39 is 0 Å². The van der Waals surface area contributed by atoms with Gasteiger partial charge >= 0.3 is 0 Å². The zero-order valence-corrected chi connectivity index (χ0v) is 25.1. The summed E-state index contributed by atoms with van der Waals surface area (Å²) in [4.78, 5) is 4.86. The Morgan fingerprint density at radius 1 is 0.615 bits per heavy atom. The van der Waals surface area contributed by atoms with Crippen LogP contribution in [0.5, 0.6) is 5.75 Å². The molecule has 39 heavy (non-hydrogen) atoms. The number of allylic oxidation sites excluding steroid dienone is 2. The molecule has 0 fully saturated rings. The molecule has 0 amide bonds. The number of aliphatic hydroxyl groups is 2. The zero-order valence-electron chi connectivity index (χ0n) is 25.1. The predicted octanol–water partition coefficient (Wildman–Crippen LogP) is 9.07. The van der Waals surface area contributed by atoms with Crippen molar-refractivity contribution >= 4 is 22.5 Å². The molecule has 2 N–H and O–H groups in total. The number of benzene rings is 2. The smallest absolute Gasteiger partial charge is 0.138 e. The maximum absolute atomic E-state index is 11.2. The van der Waals surface area contributed by atoms with Crippen LogP contribution in [0.2, 0.25) is 0 Å². The molecule has 0 aromatic heterocycles. The number of hydrogen-bond donors (Lipinski definition) is 2. The Balaban J connectivity index is 1.88. The second-order valence-electron chi connectivity index (χ2n) is 10.7. The summed E-state index contributed by atoms with van der Waals surface area (Å²) in [6.45, 7) is 15.0. The van der Waals surface area contributed by atoms with Crippen LogP contribution in [0.15, 0.2) is 47.9 Å². The molecule has 2 aromatic carbocycles. The molecule has 0 saturated heterocycles. The maximum Gasteiger partial charge on any atom is 0.138 e. The molecule has 0 saturated carbocycles. The van der Waals surface area contributed by atoms with Crippen LogP contribution in [0.4, 0.5) is 11.4 Å². The molecule has 5 nitrogen and oxygen atoms in total. The fourth-order valence-corrected chi connectivity index (χ4v) is 5.27. The average Bonchev–Trinajstić information content (AvgIpc) is 2.94. The molecular weight excluding hydrogens is 484 g/mol. The highest BCUT2D eigenvalue weighted by atomic mass is 16.5. The molecule has 1 aliphatic carbocycles. The largest absolute Gasteiger partial charge is 0.506 e. The van der Waals surface area contributed by atoms with E-state index in [1.54, 1.807) is 7.11 Å². The topological polar surface area (TPSA) is 56.2 Å². The molecule has 2 aromatic rings. The number of methoxy groups -OCH3 is 1. The quantitative estimate of drug-likeness (QED) is 0.212. The Bertz CT molecular complexity index is 1140. The number of hydrogen-bond acceptors (Lipinski definition) is 5. The van der Waals surface area contributed by atoms with Crippen molar-refractivity contribution in [3.63, 3.8) is 0 Å². The van der Waals surface area contributed by atoms with Crippen LogP contribution in [0.3, 0.4) is 0 Å². The van der Waals surface area contributed by atoms with Gasteiger partial charge in [-0.3, -0.25) is 0 Å². The van der Waals surface area contributed by atoms with E-state index in [9.17, 15) is 10.2 Å². The molecule has 0 aliphatic heterocycles. The summed E-state index contributed by atoms with van der Waals surface area (Å²) in [6.07, 6.45) is 9.24. The summed E-state index contributed by atoms with van der Waals surface area (Å²) in [5, 5.41) is 22.4. The minimum absolute atomic E-state index is 0.122. The Kier molecular flexibility index (Phi) is 11.6. The van der Waals surface area contributed by atoms with Crippen LogP contribution in [0.25, 0.3) is 11.1 Å². The van der Waals surface area contributed by atoms with Gasteiger partial charge in [-0.05, 0) is 68.0 Å². The van der Waals surface area contributed by atoms with Crippen molar-refractivity contribution in [2.24, 2.45) is 0 Å². The predicted molar refractivity (Wildman–Crippen MR) is 167 cm³/mol. The highest BCUT2D eigenvalue weighted by Crippen LogP contribution is 2.48. The van der Waals surface area contributed by atoms with E-state index in [0.29, 0.717) is 22.5 Å². The molecule has 0 bridgehead atoms. The lowest BCUT2D eigenvalue weighted by atomic mass is 9.82. The van der Waals surface area contributed by atoms with Crippen LogP contribution in [-0.2, 0) is 0 Å². The standard InChI is InChI=1S/C34H50N2O3/c1-7-11-19-35(20-12-8-2)26-15-17-28(25(5)23-26)31-33(37)32(34(31)38)29-18-16-27(24-30(29)39-6)36(21-13-9-3)22-14-10-4/h15-18,23-24,37-38H,7-14,19-22H2,1-6H3. The summed E-state index contributed by atoms with van der Waals surface area (Å²) in [6, 6.07) is 12.4. The molecule has 0 heterocycles. The van der Waals surface area contributed by atoms with E-state index >= 15 is 0 Å². The molecule has 1 aliphatic rings. The molecule has 0 radical (unpaired) electrons. The number of nitrogens with zero attached hydrogens (tertiary/aromatic N) is 2. The number of aryl methyl sites for hydroxylation is 1. The monoisotopic (exact) mass is 534 g/mol. The zero-order chi connectivity index (χ0) is 28.4. The first-order valence-corrected chi connectivity index (χ1v) is 15.1. The summed E-state index contributed by atoms with van der Waals surface area (Å²) >= 11 is 0. The summed E-state index contributed by atoms with van der Waals surface area (Å²) in [5.41, 5.74) is 5.91. The third-order valence-electron chi connectivity index (χ3n) is 7.74. The van der Waals surface area contributed by atoms with Gasteiger partial charge in [-0.25, -0.2) is 0 Å².